The lowest BCUT2D eigenvalue weighted by atomic mass is 9.87. The number of aliphatic hydroxyl groups is 1. The van der Waals surface area contributed by atoms with Gasteiger partial charge >= 0.3 is 0 Å². The first-order chi connectivity index (χ1) is 12.9. The average molecular weight is 347 g/mol. The van der Waals surface area contributed by atoms with E-state index in [0.29, 0.717) is 13.2 Å². The van der Waals surface area contributed by atoms with Crippen molar-refractivity contribution in [1.82, 2.24) is 5.06 Å². The molecule has 2 aliphatic rings. The molecule has 0 bridgehead atoms. The quantitative estimate of drug-likeness (QED) is 0.781. The number of rotatable bonds is 3. The Kier molecular flexibility index (Phi) is 3.89. The van der Waals surface area contributed by atoms with Gasteiger partial charge in [-0.2, -0.15) is 5.06 Å². The molecule has 0 unspecified atom stereocenters. The number of nitrogens with zero attached hydrogens (tertiary/aromatic N) is 1. The Morgan fingerprint density at radius 3 is 2.62 bits per heavy atom. The summed E-state index contributed by atoms with van der Waals surface area (Å²) in [6.45, 7) is 1.25. The second-order valence-electron chi connectivity index (χ2n) is 6.98. The maximum Gasteiger partial charge on any atom is 0.124 e. The van der Waals surface area contributed by atoms with Crippen LogP contribution in [0.25, 0.3) is 10.8 Å². The summed E-state index contributed by atoms with van der Waals surface area (Å²) in [5.41, 5.74) is 2.23. The zero-order valence-corrected chi connectivity index (χ0v) is 14.4. The van der Waals surface area contributed by atoms with Crippen molar-refractivity contribution in [2.75, 3.05) is 19.8 Å². The number of hydroxylamine groups is 2. The predicted molar refractivity (Wildman–Crippen MR) is 99.7 cm³/mol. The first-order valence-electron chi connectivity index (χ1n) is 9.08. The highest BCUT2D eigenvalue weighted by Crippen LogP contribution is 2.49. The van der Waals surface area contributed by atoms with Crippen LogP contribution in [0.5, 0.6) is 5.75 Å². The predicted octanol–water partition coefficient (Wildman–Crippen LogP) is 3.87. The summed E-state index contributed by atoms with van der Waals surface area (Å²) in [6, 6.07) is 22.5. The van der Waals surface area contributed by atoms with Gasteiger partial charge in [-0.3, -0.25) is 4.84 Å². The van der Waals surface area contributed by atoms with Crippen LogP contribution in [-0.2, 0) is 4.84 Å². The van der Waals surface area contributed by atoms with Crippen LogP contribution >= 0.6 is 0 Å². The Labute approximate surface area is 152 Å². The Morgan fingerprint density at radius 2 is 1.77 bits per heavy atom. The second kappa shape index (κ2) is 6.40. The minimum atomic E-state index is -0.198. The minimum absolute atomic E-state index is 0.00812. The molecule has 2 aliphatic heterocycles. The van der Waals surface area contributed by atoms with Gasteiger partial charge in [0.1, 0.15) is 5.75 Å². The molecular formula is C22H21NO3. The number of aliphatic hydroxyl groups excluding tert-OH is 1. The van der Waals surface area contributed by atoms with Crippen LogP contribution in [0.2, 0.25) is 0 Å². The Bertz CT molecular complexity index is 927. The van der Waals surface area contributed by atoms with E-state index < -0.39 is 0 Å². The summed E-state index contributed by atoms with van der Waals surface area (Å²) in [7, 11) is 0. The molecule has 0 spiro atoms. The number of ether oxygens (including phenoxy) is 1. The highest BCUT2D eigenvalue weighted by atomic mass is 16.7. The SMILES string of the molecule is OC[C@@H](c1ccccc1)N1OC[C@@H]2COc3ccc4ccccc4c3[C@@H]21. The van der Waals surface area contributed by atoms with Gasteiger partial charge in [-0.15, -0.1) is 0 Å². The largest absolute Gasteiger partial charge is 0.493 e. The van der Waals surface area contributed by atoms with Crippen LogP contribution in [0.15, 0.2) is 66.7 Å². The van der Waals surface area contributed by atoms with Crippen molar-refractivity contribution in [3.05, 3.63) is 77.9 Å². The van der Waals surface area contributed by atoms with Gasteiger partial charge in [0.2, 0.25) is 0 Å². The topological polar surface area (TPSA) is 41.9 Å². The van der Waals surface area contributed by atoms with Gasteiger partial charge < -0.3 is 9.84 Å². The molecule has 0 saturated carbocycles. The van der Waals surface area contributed by atoms with Gasteiger partial charge in [-0.25, -0.2) is 0 Å². The summed E-state index contributed by atoms with van der Waals surface area (Å²) in [4.78, 5) is 6.11. The fraction of sp³-hybridized carbons (Fsp3) is 0.273. The summed E-state index contributed by atoms with van der Waals surface area (Å²) in [5, 5.41) is 14.5. The molecule has 0 aromatic heterocycles. The van der Waals surface area contributed by atoms with Crippen molar-refractivity contribution in [2.24, 2.45) is 5.92 Å². The Hall–Kier alpha value is -2.40. The molecule has 0 aliphatic carbocycles. The molecule has 1 fully saturated rings. The summed E-state index contributed by atoms with van der Waals surface area (Å²) >= 11 is 0. The van der Waals surface area contributed by atoms with E-state index in [1.54, 1.807) is 0 Å². The molecule has 0 amide bonds. The van der Waals surface area contributed by atoms with Gasteiger partial charge in [0, 0.05) is 11.5 Å². The molecule has 1 saturated heterocycles. The van der Waals surface area contributed by atoms with E-state index in [-0.39, 0.29) is 24.6 Å². The van der Waals surface area contributed by atoms with E-state index in [4.69, 9.17) is 9.57 Å². The standard InChI is InChI=1S/C22H21NO3/c24-12-19(16-7-2-1-3-8-16)23-22-17(14-26-23)13-25-20-11-10-15-6-4-5-9-18(15)21(20)22/h1-11,17,19,22,24H,12-14H2/t17-,19-,22+/m0/s1. The summed E-state index contributed by atoms with van der Waals surface area (Å²) in [6.07, 6.45) is 0. The second-order valence-corrected chi connectivity index (χ2v) is 6.98. The zero-order chi connectivity index (χ0) is 17.5. The number of hydrogen-bond donors (Lipinski definition) is 1. The normalized spacial score (nSPS) is 23.3. The van der Waals surface area contributed by atoms with Crippen molar-refractivity contribution in [1.29, 1.82) is 0 Å². The first kappa shape index (κ1) is 15.8. The van der Waals surface area contributed by atoms with Crippen LogP contribution in [0.4, 0.5) is 0 Å². The lowest BCUT2D eigenvalue weighted by Crippen LogP contribution is -2.35. The van der Waals surface area contributed by atoms with E-state index in [1.165, 1.54) is 16.3 Å². The van der Waals surface area contributed by atoms with E-state index in [2.05, 4.69) is 36.4 Å². The smallest absolute Gasteiger partial charge is 0.124 e. The molecule has 4 heteroatoms. The monoisotopic (exact) mass is 347 g/mol. The lowest BCUT2D eigenvalue weighted by molar-refractivity contribution is -0.175. The van der Waals surface area contributed by atoms with Crippen molar-refractivity contribution in [3.8, 4) is 5.75 Å². The molecule has 0 radical (unpaired) electrons. The molecule has 4 nitrogen and oxygen atoms in total. The fourth-order valence-electron chi connectivity index (χ4n) is 4.26. The van der Waals surface area contributed by atoms with Gasteiger partial charge in [0.15, 0.2) is 0 Å². The summed E-state index contributed by atoms with van der Waals surface area (Å²) < 4.78 is 6.04. The molecule has 2 heterocycles. The minimum Gasteiger partial charge on any atom is -0.493 e. The zero-order valence-electron chi connectivity index (χ0n) is 14.4. The van der Waals surface area contributed by atoms with Crippen molar-refractivity contribution >= 4 is 10.8 Å². The molecule has 26 heavy (non-hydrogen) atoms. The third-order valence-corrected chi connectivity index (χ3v) is 5.50. The maximum atomic E-state index is 10.1. The van der Waals surface area contributed by atoms with Crippen molar-refractivity contribution in [3.63, 3.8) is 0 Å². The fourth-order valence-corrected chi connectivity index (χ4v) is 4.26. The molecule has 1 N–H and O–H groups in total. The van der Waals surface area contributed by atoms with Crippen LogP contribution in [-0.4, -0.2) is 30.0 Å². The van der Waals surface area contributed by atoms with Gasteiger partial charge in [-0.05, 0) is 22.4 Å². The van der Waals surface area contributed by atoms with Crippen molar-refractivity contribution < 1.29 is 14.7 Å². The highest BCUT2D eigenvalue weighted by molar-refractivity contribution is 5.88. The molecule has 5 rings (SSSR count). The van der Waals surface area contributed by atoms with E-state index in [0.717, 1.165) is 11.3 Å². The summed E-state index contributed by atoms with van der Waals surface area (Å²) in [5.74, 6) is 1.18. The third-order valence-electron chi connectivity index (χ3n) is 5.50. The highest BCUT2D eigenvalue weighted by Gasteiger charge is 2.45. The molecule has 3 aromatic rings. The molecule has 132 valence electrons. The first-order valence-corrected chi connectivity index (χ1v) is 9.08. The van der Waals surface area contributed by atoms with Crippen LogP contribution in [0.1, 0.15) is 23.2 Å². The molecular weight excluding hydrogens is 326 g/mol. The number of fused-ring (bicyclic) bond motifs is 5. The van der Waals surface area contributed by atoms with E-state index in [1.807, 2.05) is 35.4 Å². The Morgan fingerprint density at radius 1 is 0.962 bits per heavy atom. The Balaban J connectivity index is 1.64. The number of benzene rings is 3. The molecule has 3 atom stereocenters. The van der Waals surface area contributed by atoms with E-state index >= 15 is 0 Å². The lowest BCUT2D eigenvalue weighted by Gasteiger charge is -2.36. The third kappa shape index (κ3) is 2.42. The van der Waals surface area contributed by atoms with Crippen LogP contribution in [0, 0.1) is 5.92 Å². The van der Waals surface area contributed by atoms with E-state index in [9.17, 15) is 5.11 Å². The molecule has 3 aromatic carbocycles. The maximum absolute atomic E-state index is 10.1. The van der Waals surface area contributed by atoms with Gasteiger partial charge in [-0.1, -0.05) is 60.7 Å². The van der Waals surface area contributed by atoms with Gasteiger partial charge in [0.25, 0.3) is 0 Å². The number of hydrogen-bond acceptors (Lipinski definition) is 4. The average Bonchev–Trinajstić information content (AvgIpc) is 3.13. The van der Waals surface area contributed by atoms with Crippen LogP contribution in [0.3, 0.4) is 0 Å². The van der Waals surface area contributed by atoms with Crippen molar-refractivity contribution in [2.45, 2.75) is 12.1 Å². The van der Waals surface area contributed by atoms with Crippen LogP contribution < -0.4 is 4.74 Å². The van der Waals surface area contributed by atoms with Gasteiger partial charge in [0.05, 0.1) is 31.9 Å².